The average molecular weight is 1660 g/mol. The zero-order valence-electron chi connectivity index (χ0n) is 67.0. The van der Waals surface area contributed by atoms with Crippen LogP contribution in [0.4, 0.5) is 0 Å². The Morgan fingerprint density at radius 3 is 0.485 bits per heavy atom. The van der Waals surface area contributed by atoms with Crippen LogP contribution in [0.3, 0.4) is 0 Å². The SMILES string of the molecule is C.C.C.C.C.C.C.C#CC#CC#CC#CC#CC#CCC#CC#CC#CC#CC#CC(C#CC#CC#CC#CC#CC#C)(C#CC#CC#CC#CC#CC#C)C#CC#CC#CC#CC#CC#C.C#CC#CC#CC#CC(C#CC#CC#CC)C#CC#CC#CC#C.C=C.CC#CC#CC#CC#CC#CC#CC#CC#CC#CC#CCC#CC#CC#CC#CC#CC.[B][B][B]B([B][B])[B][B].[HH].[HH].[HH].[HH].[HH].[HH]. The van der Waals surface area contributed by atoms with Gasteiger partial charge in [0.1, 0.15) is 5.92 Å². The minimum atomic E-state index is -1.67. The molecule has 0 aliphatic rings. The van der Waals surface area contributed by atoms with Gasteiger partial charge in [0.2, 0.25) is 5.41 Å². The minimum Gasteiger partial charge on any atom is -0.106 e. The first-order chi connectivity index (χ1) is 62.8. The lowest BCUT2D eigenvalue weighted by Crippen LogP contribution is -2.41. The zero-order valence-corrected chi connectivity index (χ0v) is 67.0. The van der Waals surface area contributed by atoms with E-state index in [-0.39, 0.29) is 73.4 Å². The van der Waals surface area contributed by atoms with Crippen molar-refractivity contribution >= 4 is 57.8 Å². The molecule has 0 aromatic carbocycles. The normalized spacial score (nSPS) is 4.40. The summed E-state index contributed by atoms with van der Waals surface area (Å²) in [6.07, 6.45) is 30.6. The van der Waals surface area contributed by atoms with E-state index in [0.717, 1.165) is 0 Å². The number of hydrogen-bond acceptors (Lipinski definition) is 0. The van der Waals surface area contributed by atoms with Gasteiger partial charge in [0.05, 0.1) is 12.8 Å². The van der Waals surface area contributed by atoms with Crippen molar-refractivity contribution in [3.63, 3.8) is 0 Å². The van der Waals surface area contributed by atoms with E-state index in [9.17, 15) is 0 Å². The van der Waals surface area contributed by atoms with Crippen LogP contribution in [0.25, 0.3) is 0 Å². The van der Waals surface area contributed by atoms with Crippen LogP contribution < -0.4 is 0 Å². The van der Waals surface area contributed by atoms with Crippen molar-refractivity contribution in [3.05, 3.63) is 13.2 Å². The molecule has 0 saturated carbocycles. The Morgan fingerprint density at radius 1 is 0.216 bits per heavy atom. The Morgan fingerprint density at radius 2 is 0.351 bits per heavy atom. The first-order valence-corrected chi connectivity index (χ1v) is 32.8. The molecule has 0 aliphatic carbocycles. The molecule has 0 amide bonds. The standard InChI is InChI=1S/C60H6.C33H8.C24H6.C2H4.7CH4.B8.6H2/c1-5-9-13-17-21-25-29-30-31-32-33-34-35-36-37-38-39-43-47-51-55-59-60(56-52-48-44-40-26-22-18-14-10-6-2,57-53-49-45-41-27-23-19-15-11-7-3)58-54-50-46-42-28-24-20-16-12-8-4;1-3-5-7-9-11-13-15-17-19-21-23-25-27-29-31-33-32-30-28-26-24-22-20-18-16-14-12-10-8-6-4-2;1-4-7-10-13-16-19-22-24(21-18-15-12-9-6-3)23-20-17-14-11-8-5-2;1-2;;;;;;;;1-4-7-8(5-2)6-3;;;;;;/h1-4H,34H2;23H2,1-2H3;1-2,24H,3H3;1-2H2;7*1H4;;6*1H. The molecule has 0 spiro atoms. The highest BCUT2D eigenvalue weighted by Crippen LogP contribution is 2.12. The Hall–Kier alpha value is -23.9. The summed E-state index contributed by atoms with van der Waals surface area (Å²) in [5, 5.41) is 0. The smallest absolute Gasteiger partial charge is 0.106 e. The lowest BCUT2D eigenvalue weighted by Gasteiger charge is -2.04. The second kappa shape index (κ2) is 132. The summed E-state index contributed by atoms with van der Waals surface area (Å²) in [5.41, 5.74) is -1.67. The predicted octanol–water partition coefficient (Wildman–Crippen LogP) is 7.05. The van der Waals surface area contributed by atoms with Crippen LogP contribution in [0.2, 0.25) is 0 Å². The first kappa shape index (κ1) is 136. The molecule has 0 bridgehead atoms. The minimum absolute atomic E-state index is 0. The van der Waals surface area contributed by atoms with E-state index in [1.54, 1.807) is 27.8 Å². The molecule has 0 nitrogen and oxygen atoms in total. The van der Waals surface area contributed by atoms with Gasteiger partial charge in [-0.05, 0) is 565 Å². The molecule has 0 heterocycles. The van der Waals surface area contributed by atoms with Gasteiger partial charge >= 0.3 is 0 Å². The maximum Gasteiger partial charge on any atom is 0.216 e. The fourth-order valence-electron chi connectivity index (χ4n) is 4.29. The summed E-state index contributed by atoms with van der Waals surface area (Å²) >= 11 is 0. The summed E-state index contributed by atoms with van der Waals surface area (Å²) in [6, 6.07) is 0. The van der Waals surface area contributed by atoms with Gasteiger partial charge in [-0.3, -0.25) is 0 Å². The van der Waals surface area contributed by atoms with Crippen molar-refractivity contribution in [2.75, 3.05) is 0 Å². The molecule has 0 aromatic rings. The fraction of sp³-hybridized carbons (Fsp3) is 0.111. The molecule has 134 heavy (non-hydrogen) atoms. The van der Waals surface area contributed by atoms with Crippen LogP contribution in [0.15, 0.2) is 13.2 Å². The number of rotatable bonds is 4. The third-order valence-electron chi connectivity index (χ3n) is 8.57. The van der Waals surface area contributed by atoms with Gasteiger partial charge in [-0.2, -0.15) is 0 Å². The van der Waals surface area contributed by atoms with Crippen molar-refractivity contribution in [1.29, 1.82) is 0 Å². The molecule has 0 aromatic heterocycles. The molecular weight excluding hydrogens is 1600 g/mol. The van der Waals surface area contributed by atoms with Gasteiger partial charge in [-0.25, -0.2) is 0 Å². The second-order valence-electron chi connectivity index (χ2n) is 16.6. The molecule has 0 aliphatic heterocycles. The highest BCUT2D eigenvalue weighted by atomic mass is 14.1. The summed E-state index contributed by atoms with van der Waals surface area (Å²) in [7, 11) is 21.3. The van der Waals surface area contributed by atoms with Gasteiger partial charge < -0.3 is 0 Å². The van der Waals surface area contributed by atoms with Crippen molar-refractivity contribution < 1.29 is 8.56 Å². The Balaban J connectivity index is -0.0000000988. The van der Waals surface area contributed by atoms with Crippen LogP contribution >= 0.6 is 0 Å². The van der Waals surface area contributed by atoms with E-state index in [0.29, 0.717) is 6.42 Å². The third kappa shape index (κ3) is 126. The summed E-state index contributed by atoms with van der Waals surface area (Å²) in [5.74, 6) is 262. The fourth-order valence-corrected chi connectivity index (χ4v) is 4.29. The van der Waals surface area contributed by atoms with E-state index >= 15 is 0 Å². The molecule has 0 atom stereocenters. The monoisotopic (exact) mass is 1660 g/mol. The highest BCUT2D eigenvalue weighted by Gasteiger charge is 2.19. The molecule has 592 valence electrons. The van der Waals surface area contributed by atoms with Gasteiger partial charge in [-0.1, -0.05) is 111 Å². The molecule has 8 heteroatoms. The summed E-state index contributed by atoms with van der Waals surface area (Å²) in [4.78, 5) is 0. The molecule has 0 saturated heterocycles. The molecule has 0 rings (SSSR count). The lowest BCUT2D eigenvalue weighted by atomic mass is 8.78. The lowest BCUT2D eigenvalue weighted by molar-refractivity contribution is 0.989. The van der Waals surface area contributed by atoms with Gasteiger partial charge in [0.25, 0.3) is 0 Å². The molecule has 0 unspecified atom stereocenters. The van der Waals surface area contributed by atoms with E-state index in [4.69, 9.17) is 61.8 Å². The summed E-state index contributed by atoms with van der Waals surface area (Å²) in [6.45, 7) is 11.1. The maximum atomic E-state index is 5.13. The Bertz CT molecular complexity index is 7880. The van der Waals surface area contributed by atoms with Crippen molar-refractivity contribution in [1.82, 2.24) is 0 Å². The Labute approximate surface area is 825 Å². The largest absolute Gasteiger partial charge is 0.216 e. The van der Waals surface area contributed by atoms with Crippen LogP contribution in [0.5, 0.6) is 0 Å². The maximum absolute atomic E-state index is 5.13. The zero-order chi connectivity index (χ0) is 93.4. The quantitative estimate of drug-likeness (QED) is 0.161. The van der Waals surface area contributed by atoms with Crippen LogP contribution in [-0.4, -0.2) is 57.8 Å². The average Bonchev–Trinajstić information content (AvgIpc) is 0.867. The van der Waals surface area contributed by atoms with Gasteiger partial charge in [0.15, 0.2) is 0 Å². The predicted molar refractivity (Wildman–Crippen MR) is 583 cm³/mol. The van der Waals surface area contributed by atoms with Gasteiger partial charge in [-0.15, -0.1) is 51.7 Å². The molecule has 10 radical (unpaired) electrons. The highest BCUT2D eigenvalue weighted by molar-refractivity contribution is 7.79. The van der Waals surface area contributed by atoms with Crippen LogP contribution in [0.1, 0.15) is 94.2 Å². The Kier molecular flexibility index (Phi) is 135. The van der Waals surface area contributed by atoms with Crippen molar-refractivity contribution in [2.45, 2.75) is 85.6 Å². The molecule has 0 N–H and O–H groups in total. The first-order valence-electron chi connectivity index (χ1n) is 32.8. The van der Waals surface area contributed by atoms with Crippen molar-refractivity contribution in [2.24, 2.45) is 11.3 Å². The van der Waals surface area contributed by atoms with E-state index in [2.05, 4.69) is 629 Å². The van der Waals surface area contributed by atoms with E-state index in [1.807, 2.05) is 0 Å². The van der Waals surface area contributed by atoms with E-state index < -0.39 is 11.3 Å². The topological polar surface area (TPSA) is 0 Å². The number of hydrogen-bond donors (Lipinski definition) is 0. The van der Waals surface area contributed by atoms with Gasteiger partial charge in [0, 0.05) is 78.2 Å². The van der Waals surface area contributed by atoms with E-state index in [1.165, 1.54) is 21.2 Å². The third-order valence-corrected chi connectivity index (χ3v) is 8.57. The molecular formula is C126H64B8. The van der Waals surface area contributed by atoms with Crippen molar-refractivity contribution in [3.8, 4) is 654 Å². The second-order valence-corrected chi connectivity index (χ2v) is 16.6. The van der Waals surface area contributed by atoms with Crippen LogP contribution in [0, 0.1) is 666 Å². The summed E-state index contributed by atoms with van der Waals surface area (Å²) < 4.78 is 0. The molecule has 0 fully saturated rings. The number of terminal acetylenes is 6. The van der Waals surface area contributed by atoms with Crippen LogP contribution in [-0.2, 0) is 0 Å².